The molecule has 11 heteroatoms. The summed E-state index contributed by atoms with van der Waals surface area (Å²) in [7, 11) is -0.416. The third-order valence-corrected chi connectivity index (χ3v) is 9.03. The Morgan fingerprint density at radius 1 is 1.00 bits per heavy atom. The highest BCUT2D eigenvalue weighted by atomic mass is 19.1. The van der Waals surface area contributed by atoms with Crippen molar-refractivity contribution >= 4 is 18.7 Å². The Labute approximate surface area is 259 Å². The Hall–Kier alpha value is -2.73. The van der Waals surface area contributed by atoms with E-state index in [0.717, 1.165) is 55.3 Å². The van der Waals surface area contributed by atoms with Gasteiger partial charge in [-0.2, -0.15) is 0 Å². The van der Waals surface area contributed by atoms with E-state index in [2.05, 4.69) is 10.2 Å². The van der Waals surface area contributed by atoms with Crippen molar-refractivity contribution in [3.05, 3.63) is 59.7 Å². The number of likely N-dealkylation sites (tertiary alicyclic amines) is 1. The first-order chi connectivity index (χ1) is 20.6. The summed E-state index contributed by atoms with van der Waals surface area (Å²) in [5.74, 6) is -0.341. The number of ether oxygens (including phenoxy) is 3. The molecule has 8 nitrogen and oxygen atoms in total. The molecular weight excluding hydrogens is 569 g/mol. The van der Waals surface area contributed by atoms with Crippen LogP contribution < -0.4 is 15.5 Å². The number of nitrogens with zero attached hydrogens (tertiary/aromatic N) is 1. The molecule has 0 bridgehead atoms. The lowest BCUT2D eigenvalue weighted by molar-refractivity contribution is -0.0693. The largest absolute Gasteiger partial charge is 0.494 e. The van der Waals surface area contributed by atoms with Crippen LogP contribution in [0.5, 0.6) is 5.75 Å². The zero-order valence-corrected chi connectivity index (χ0v) is 26.8. The molecule has 240 valence electrons. The van der Waals surface area contributed by atoms with E-state index in [-0.39, 0.29) is 17.7 Å². The average molecular weight is 615 g/mol. The number of hydrogen-bond donors (Lipinski definition) is 1. The summed E-state index contributed by atoms with van der Waals surface area (Å²) in [5, 5.41) is 2.87. The van der Waals surface area contributed by atoms with E-state index in [1.807, 2.05) is 52.0 Å². The van der Waals surface area contributed by atoms with Gasteiger partial charge >= 0.3 is 13.2 Å². The van der Waals surface area contributed by atoms with Crippen molar-refractivity contribution in [2.45, 2.75) is 109 Å². The van der Waals surface area contributed by atoms with Crippen LogP contribution in [0.2, 0.25) is 0 Å². The van der Waals surface area contributed by atoms with Crippen molar-refractivity contribution in [1.29, 1.82) is 0 Å². The summed E-state index contributed by atoms with van der Waals surface area (Å²) in [6, 6.07) is 10.6. The monoisotopic (exact) mass is 614 g/mol. The predicted octanol–water partition coefficient (Wildman–Crippen LogP) is 5.53. The molecule has 3 fully saturated rings. The van der Waals surface area contributed by atoms with Crippen molar-refractivity contribution in [3.8, 4) is 5.75 Å². The molecule has 0 saturated carbocycles. The van der Waals surface area contributed by atoms with E-state index in [0.29, 0.717) is 13.0 Å². The van der Waals surface area contributed by atoms with Gasteiger partial charge in [0.25, 0.3) is 0 Å². The summed E-state index contributed by atoms with van der Waals surface area (Å²) < 4.78 is 59.0. The van der Waals surface area contributed by atoms with Crippen LogP contribution in [-0.4, -0.2) is 72.8 Å². The number of halogens is 2. The van der Waals surface area contributed by atoms with Gasteiger partial charge in [0, 0.05) is 24.7 Å². The van der Waals surface area contributed by atoms with E-state index >= 15 is 0 Å². The first-order valence-electron chi connectivity index (χ1n) is 15.5. The SMILES string of the molecule is CC(C)(C)OC(=O)N[C@H]1CC(N2CCC(Oc3ccc(B4OC(C)(C)C(C)(C)O4)cc3)CC2)COC1c1cc(F)ccc1F. The lowest BCUT2D eigenvalue weighted by atomic mass is 9.79. The minimum Gasteiger partial charge on any atom is -0.490 e. The van der Waals surface area contributed by atoms with Crippen LogP contribution in [0.15, 0.2) is 42.5 Å². The molecule has 3 saturated heterocycles. The molecule has 3 atom stereocenters. The maximum absolute atomic E-state index is 14.7. The topological polar surface area (TPSA) is 78.5 Å². The van der Waals surface area contributed by atoms with Crippen molar-refractivity contribution in [3.63, 3.8) is 0 Å². The quantitative estimate of drug-likeness (QED) is 0.429. The van der Waals surface area contributed by atoms with Crippen LogP contribution >= 0.6 is 0 Å². The number of amides is 1. The van der Waals surface area contributed by atoms with Gasteiger partial charge in [0.1, 0.15) is 35.2 Å². The Bertz CT molecular complexity index is 1290. The van der Waals surface area contributed by atoms with Crippen molar-refractivity contribution in [2.24, 2.45) is 0 Å². The van der Waals surface area contributed by atoms with Gasteiger partial charge < -0.3 is 28.8 Å². The fraction of sp³-hybridized carbons (Fsp3) is 0.606. The molecule has 5 rings (SSSR count). The fourth-order valence-corrected chi connectivity index (χ4v) is 5.94. The first-order valence-corrected chi connectivity index (χ1v) is 15.5. The molecule has 1 amide bonds. The first kappa shape index (κ1) is 32.7. The second-order valence-corrected chi connectivity index (χ2v) is 14.1. The zero-order valence-electron chi connectivity index (χ0n) is 26.8. The number of nitrogens with one attached hydrogen (secondary N) is 1. The van der Waals surface area contributed by atoms with Gasteiger partial charge in [-0.3, -0.25) is 4.90 Å². The van der Waals surface area contributed by atoms with Crippen molar-refractivity contribution in [2.75, 3.05) is 19.7 Å². The molecular formula is C33H45BF2N2O6. The molecule has 44 heavy (non-hydrogen) atoms. The highest BCUT2D eigenvalue weighted by Crippen LogP contribution is 2.37. The maximum atomic E-state index is 14.7. The molecule has 3 heterocycles. The molecule has 0 radical (unpaired) electrons. The van der Waals surface area contributed by atoms with Crippen LogP contribution in [0.25, 0.3) is 0 Å². The van der Waals surface area contributed by atoms with Gasteiger partial charge in [0.05, 0.1) is 23.9 Å². The summed E-state index contributed by atoms with van der Waals surface area (Å²) in [6.45, 7) is 15.4. The van der Waals surface area contributed by atoms with E-state index in [1.165, 1.54) is 0 Å². The zero-order chi connectivity index (χ0) is 31.9. The van der Waals surface area contributed by atoms with E-state index in [1.54, 1.807) is 20.8 Å². The number of hydrogen-bond acceptors (Lipinski definition) is 7. The van der Waals surface area contributed by atoms with Gasteiger partial charge in [-0.25, -0.2) is 13.6 Å². The predicted molar refractivity (Wildman–Crippen MR) is 164 cm³/mol. The highest BCUT2D eigenvalue weighted by Gasteiger charge is 2.51. The molecule has 2 unspecified atom stereocenters. The maximum Gasteiger partial charge on any atom is 0.494 e. The summed E-state index contributed by atoms with van der Waals surface area (Å²) in [6.07, 6.45) is 0.749. The minimum absolute atomic E-state index is 0.0112. The van der Waals surface area contributed by atoms with Crippen molar-refractivity contribution < 1.29 is 37.1 Å². The van der Waals surface area contributed by atoms with E-state index < -0.39 is 53.8 Å². The number of carbonyl (C=O) groups is 1. The number of rotatable bonds is 6. The van der Waals surface area contributed by atoms with Crippen LogP contribution in [0.4, 0.5) is 13.6 Å². The smallest absolute Gasteiger partial charge is 0.490 e. The summed E-state index contributed by atoms with van der Waals surface area (Å²) in [4.78, 5) is 15.0. The number of carbonyl (C=O) groups excluding carboxylic acids is 1. The normalized spacial score (nSPS) is 25.9. The summed E-state index contributed by atoms with van der Waals surface area (Å²) >= 11 is 0. The second kappa shape index (κ2) is 12.6. The van der Waals surface area contributed by atoms with Crippen LogP contribution in [0, 0.1) is 11.6 Å². The molecule has 3 aliphatic rings. The Morgan fingerprint density at radius 2 is 1.64 bits per heavy atom. The second-order valence-electron chi connectivity index (χ2n) is 14.1. The van der Waals surface area contributed by atoms with Crippen molar-refractivity contribution in [1.82, 2.24) is 10.2 Å². The van der Waals surface area contributed by atoms with Gasteiger partial charge in [-0.1, -0.05) is 12.1 Å². The Balaban J connectivity index is 1.17. The average Bonchev–Trinajstić information content (AvgIpc) is 3.16. The van der Waals surface area contributed by atoms with Gasteiger partial charge in [0.2, 0.25) is 0 Å². The molecule has 0 aromatic heterocycles. The van der Waals surface area contributed by atoms with Gasteiger partial charge in [-0.15, -0.1) is 0 Å². The third kappa shape index (κ3) is 7.55. The Morgan fingerprint density at radius 3 is 2.25 bits per heavy atom. The number of piperidine rings is 1. The lowest BCUT2D eigenvalue weighted by Gasteiger charge is -2.44. The standard InChI is InChI=1S/C33H45BF2N2O6/c1-31(2,3)42-30(39)37-28-19-23(20-40-29(28)26-18-22(35)10-13-27(26)36)38-16-14-25(15-17-38)41-24-11-8-21(9-12-24)34-43-32(4,5)33(6,7)44-34/h8-13,18,23,25,28-29H,14-17,19-20H2,1-7H3,(H,37,39)/t23?,28-,29?/m0/s1. The highest BCUT2D eigenvalue weighted by molar-refractivity contribution is 6.62. The number of alkyl carbamates (subject to hydrolysis) is 1. The summed E-state index contributed by atoms with van der Waals surface area (Å²) in [5.41, 5.74) is -0.457. The molecule has 2 aromatic rings. The molecule has 2 aromatic carbocycles. The van der Waals surface area contributed by atoms with Crippen LogP contribution in [0.3, 0.4) is 0 Å². The third-order valence-electron chi connectivity index (χ3n) is 9.03. The molecule has 3 aliphatic heterocycles. The molecule has 1 N–H and O–H groups in total. The van der Waals surface area contributed by atoms with Gasteiger partial charge in [0.15, 0.2) is 0 Å². The molecule has 0 spiro atoms. The van der Waals surface area contributed by atoms with E-state index in [9.17, 15) is 13.6 Å². The Kier molecular flexibility index (Phi) is 9.34. The number of benzene rings is 2. The lowest BCUT2D eigenvalue weighted by Crippen LogP contribution is -2.54. The van der Waals surface area contributed by atoms with Gasteiger partial charge in [-0.05, 0) is 104 Å². The van der Waals surface area contributed by atoms with Crippen LogP contribution in [-0.2, 0) is 18.8 Å². The molecule has 0 aliphatic carbocycles. The van der Waals surface area contributed by atoms with Crippen LogP contribution in [0.1, 0.15) is 79.4 Å². The minimum atomic E-state index is -0.838. The van der Waals surface area contributed by atoms with E-state index in [4.69, 9.17) is 23.5 Å². The fourth-order valence-electron chi connectivity index (χ4n) is 5.94.